The Labute approximate surface area is 118 Å². The van der Waals surface area contributed by atoms with Gasteiger partial charge in [0.1, 0.15) is 5.75 Å². The third-order valence-electron chi connectivity index (χ3n) is 2.74. The van der Waals surface area contributed by atoms with Gasteiger partial charge in [0, 0.05) is 19.2 Å². The third kappa shape index (κ3) is 3.61. The van der Waals surface area contributed by atoms with E-state index >= 15 is 0 Å². The molecule has 112 valence electrons. The summed E-state index contributed by atoms with van der Waals surface area (Å²) in [7, 11) is -2.38. The van der Waals surface area contributed by atoms with Gasteiger partial charge in [0.2, 0.25) is 0 Å². The molecule has 1 aromatic rings. The molecule has 0 spiro atoms. The Hall–Kier alpha value is -1.80. The summed E-state index contributed by atoms with van der Waals surface area (Å²) in [6.45, 7) is 3.98. The van der Waals surface area contributed by atoms with E-state index in [-0.39, 0.29) is 24.3 Å². The standard InChI is InChI=1S/C12H18N2O5S/c1-4-14(5-2)20(17,18)13-11-8-9(19-3)6-7-10(11)12(15)16/h6-8,13H,4-5H2,1-3H3,(H,15,16). The number of ether oxygens (including phenoxy) is 1. The number of hydrogen-bond acceptors (Lipinski definition) is 4. The van der Waals surface area contributed by atoms with E-state index in [0.717, 1.165) is 0 Å². The lowest BCUT2D eigenvalue weighted by atomic mass is 10.2. The van der Waals surface area contributed by atoms with Crippen LogP contribution in [0.3, 0.4) is 0 Å². The number of carboxylic acid groups (broad SMARTS) is 1. The van der Waals surface area contributed by atoms with Crippen LogP contribution in [0.5, 0.6) is 5.75 Å². The first kappa shape index (κ1) is 16.3. The Morgan fingerprint density at radius 1 is 1.35 bits per heavy atom. The van der Waals surface area contributed by atoms with Crippen LogP contribution in [-0.4, -0.2) is 44.0 Å². The highest BCUT2D eigenvalue weighted by Crippen LogP contribution is 2.24. The fourth-order valence-electron chi connectivity index (χ4n) is 1.69. The number of anilines is 1. The second kappa shape index (κ2) is 6.58. The summed E-state index contributed by atoms with van der Waals surface area (Å²) in [5.41, 5.74) is -0.162. The van der Waals surface area contributed by atoms with E-state index in [1.54, 1.807) is 13.8 Å². The van der Waals surface area contributed by atoms with Crippen molar-refractivity contribution in [1.82, 2.24) is 4.31 Å². The van der Waals surface area contributed by atoms with Crippen LogP contribution < -0.4 is 9.46 Å². The Balaban J connectivity index is 3.22. The third-order valence-corrected chi connectivity index (χ3v) is 4.42. The van der Waals surface area contributed by atoms with E-state index in [9.17, 15) is 13.2 Å². The number of benzene rings is 1. The molecule has 0 aliphatic heterocycles. The van der Waals surface area contributed by atoms with Gasteiger partial charge in [-0.3, -0.25) is 4.72 Å². The summed E-state index contributed by atoms with van der Waals surface area (Å²) in [5, 5.41) is 9.09. The smallest absolute Gasteiger partial charge is 0.337 e. The van der Waals surface area contributed by atoms with Crippen molar-refractivity contribution in [3.8, 4) is 5.75 Å². The average Bonchev–Trinajstić information content (AvgIpc) is 2.38. The van der Waals surface area contributed by atoms with Crippen molar-refractivity contribution in [2.75, 3.05) is 24.9 Å². The number of methoxy groups -OCH3 is 1. The van der Waals surface area contributed by atoms with Crippen molar-refractivity contribution < 1.29 is 23.1 Å². The second-order valence-electron chi connectivity index (χ2n) is 3.91. The second-order valence-corrected chi connectivity index (χ2v) is 5.58. The van der Waals surface area contributed by atoms with Gasteiger partial charge in [0.15, 0.2) is 0 Å². The van der Waals surface area contributed by atoms with Crippen LogP contribution in [-0.2, 0) is 10.2 Å². The van der Waals surface area contributed by atoms with Crippen molar-refractivity contribution in [2.24, 2.45) is 0 Å². The fourth-order valence-corrected chi connectivity index (χ4v) is 2.94. The first-order valence-electron chi connectivity index (χ1n) is 6.04. The predicted octanol–water partition coefficient (Wildman–Crippen LogP) is 1.39. The van der Waals surface area contributed by atoms with Gasteiger partial charge in [-0.25, -0.2) is 4.79 Å². The van der Waals surface area contributed by atoms with Crippen molar-refractivity contribution in [1.29, 1.82) is 0 Å². The Bertz CT molecular complexity index is 582. The predicted molar refractivity (Wildman–Crippen MR) is 75.4 cm³/mol. The van der Waals surface area contributed by atoms with Crippen molar-refractivity contribution in [2.45, 2.75) is 13.8 Å². The molecule has 0 radical (unpaired) electrons. The molecule has 0 saturated carbocycles. The molecule has 1 aromatic carbocycles. The SMILES string of the molecule is CCN(CC)S(=O)(=O)Nc1cc(OC)ccc1C(=O)O. The van der Waals surface area contributed by atoms with Crippen LogP contribution in [0.4, 0.5) is 5.69 Å². The summed E-state index contributed by atoms with van der Waals surface area (Å²) in [6.07, 6.45) is 0. The van der Waals surface area contributed by atoms with E-state index in [0.29, 0.717) is 5.75 Å². The lowest BCUT2D eigenvalue weighted by Gasteiger charge is -2.20. The van der Waals surface area contributed by atoms with Gasteiger partial charge in [0.25, 0.3) is 0 Å². The minimum absolute atomic E-state index is 0.0243. The zero-order valence-corrected chi connectivity index (χ0v) is 12.4. The number of hydrogen-bond donors (Lipinski definition) is 2. The van der Waals surface area contributed by atoms with Crippen LogP contribution in [0.1, 0.15) is 24.2 Å². The quantitative estimate of drug-likeness (QED) is 0.793. The highest BCUT2D eigenvalue weighted by atomic mass is 32.2. The summed E-state index contributed by atoms with van der Waals surface area (Å²) in [5.74, 6) is -0.850. The molecule has 20 heavy (non-hydrogen) atoms. The molecule has 7 nitrogen and oxygen atoms in total. The zero-order valence-electron chi connectivity index (χ0n) is 11.6. The lowest BCUT2D eigenvalue weighted by molar-refractivity contribution is 0.0698. The molecule has 0 aliphatic carbocycles. The Morgan fingerprint density at radius 3 is 2.40 bits per heavy atom. The molecule has 0 fully saturated rings. The van der Waals surface area contributed by atoms with Gasteiger partial charge in [-0.1, -0.05) is 13.8 Å². The van der Waals surface area contributed by atoms with Crippen LogP contribution in [0.25, 0.3) is 0 Å². The molecule has 0 amide bonds. The van der Waals surface area contributed by atoms with E-state index in [1.165, 1.54) is 29.6 Å². The number of rotatable bonds is 7. The number of nitrogens with zero attached hydrogens (tertiary/aromatic N) is 1. The van der Waals surface area contributed by atoms with E-state index in [1.807, 2.05) is 0 Å². The maximum absolute atomic E-state index is 12.1. The Kier molecular flexibility index (Phi) is 5.34. The van der Waals surface area contributed by atoms with Gasteiger partial charge < -0.3 is 9.84 Å². The van der Waals surface area contributed by atoms with Crippen molar-refractivity contribution in [3.63, 3.8) is 0 Å². The van der Waals surface area contributed by atoms with Crippen LogP contribution >= 0.6 is 0 Å². The fraction of sp³-hybridized carbons (Fsp3) is 0.417. The molecule has 0 atom stereocenters. The molecule has 2 N–H and O–H groups in total. The highest BCUT2D eigenvalue weighted by Gasteiger charge is 2.21. The lowest BCUT2D eigenvalue weighted by Crippen LogP contribution is -2.35. The summed E-state index contributed by atoms with van der Waals surface area (Å²) in [4.78, 5) is 11.1. The zero-order chi connectivity index (χ0) is 15.3. The summed E-state index contributed by atoms with van der Waals surface area (Å²) >= 11 is 0. The van der Waals surface area contributed by atoms with E-state index < -0.39 is 16.2 Å². The van der Waals surface area contributed by atoms with Gasteiger partial charge in [-0.15, -0.1) is 0 Å². The van der Waals surface area contributed by atoms with Crippen molar-refractivity contribution in [3.05, 3.63) is 23.8 Å². The van der Waals surface area contributed by atoms with E-state index in [2.05, 4.69) is 4.72 Å². The molecule has 0 aliphatic rings. The molecular formula is C12H18N2O5S. The number of carboxylic acids is 1. The minimum atomic E-state index is -3.79. The van der Waals surface area contributed by atoms with Gasteiger partial charge in [-0.2, -0.15) is 12.7 Å². The number of aromatic carboxylic acids is 1. The summed E-state index contributed by atoms with van der Waals surface area (Å²) in [6, 6.07) is 4.09. The molecule has 0 saturated heterocycles. The minimum Gasteiger partial charge on any atom is -0.497 e. The van der Waals surface area contributed by atoms with Crippen molar-refractivity contribution >= 4 is 21.9 Å². The first-order chi connectivity index (χ1) is 9.35. The van der Waals surface area contributed by atoms with Gasteiger partial charge in [0.05, 0.1) is 18.4 Å². The molecule has 8 heteroatoms. The van der Waals surface area contributed by atoms with Gasteiger partial charge >= 0.3 is 16.2 Å². The highest BCUT2D eigenvalue weighted by molar-refractivity contribution is 7.90. The number of nitrogens with one attached hydrogen (secondary N) is 1. The number of carbonyl (C=O) groups is 1. The molecule has 1 rings (SSSR count). The largest absolute Gasteiger partial charge is 0.497 e. The molecule has 0 unspecified atom stereocenters. The average molecular weight is 302 g/mol. The summed E-state index contributed by atoms with van der Waals surface area (Å²) < 4.78 is 32.7. The normalized spacial score (nSPS) is 11.4. The topological polar surface area (TPSA) is 95.9 Å². The van der Waals surface area contributed by atoms with Crippen LogP contribution in [0, 0.1) is 0 Å². The van der Waals surface area contributed by atoms with E-state index in [4.69, 9.17) is 9.84 Å². The first-order valence-corrected chi connectivity index (χ1v) is 7.48. The maximum atomic E-state index is 12.1. The monoisotopic (exact) mass is 302 g/mol. The maximum Gasteiger partial charge on any atom is 0.337 e. The van der Waals surface area contributed by atoms with Gasteiger partial charge in [-0.05, 0) is 12.1 Å². The molecule has 0 aromatic heterocycles. The Morgan fingerprint density at radius 2 is 1.95 bits per heavy atom. The van der Waals surface area contributed by atoms with Crippen LogP contribution in [0.2, 0.25) is 0 Å². The molecule has 0 bridgehead atoms. The molecular weight excluding hydrogens is 284 g/mol. The molecule has 0 heterocycles. The van der Waals surface area contributed by atoms with Crippen LogP contribution in [0.15, 0.2) is 18.2 Å².